The van der Waals surface area contributed by atoms with Gasteiger partial charge in [0.1, 0.15) is 5.82 Å². The smallest absolute Gasteiger partial charge is 0.258 e. The Morgan fingerprint density at radius 2 is 1.74 bits per heavy atom. The number of hydrogen-bond acceptors (Lipinski definition) is 5. The van der Waals surface area contributed by atoms with Crippen LogP contribution in [0.4, 0.5) is 23.1 Å². The summed E-state index contributed by atoms with van der Waals surface area (Å²) in [5.41, 5.74) is 1.67. The van der Waals surface area contributed by atoms with Gasteiger partial charge in [-0.3, -0.25) is 19.4 Å². The highest BCUT2D eigenvalue weighted by Gasteiger charge is 2.34. The minimum absolute atomic E-state index is 0.0275. The highest BCUT2D eigenvalue weighted by Crippen LogP contribution is 2.31. The van der Waals surface area contributed by atoms with Crippen LogP contribution in [0.15, 0.2) is 47.3 Å². The minimum Gasteiger partial charge on any atom is -0.326 e. The van der Waals surface area contributed by atoms with Crippen LogP contribution in [-0.4, -0.2) is 21.8 Å². The van der Waals surface area contributed by atoms with Gasteiger partial charge in [0, 0.05) is 27.8 Å². The molecule has 4 N–H and O–H groups in total. The maximum absolute atomic E-state index is 12.8. The van der Waals surface area contributed by atoms with E-state index in [9.17, 15) is 14.4 Å². The van der Waals surface area contributed by atoms with E-state index in [-0.39, 0.29) is 23.8 Å². The third-order valence-electron chi connectivity index (χ3n) is 4.71. The number of aromatic nitrogens is 2. The number of aromatic amines is 1. The van der Waals surface area contributed by atoms with Crippen LogP contribution in [0.3, 0.4) is 0 Å². The number of carbonyl (C=O) groups is 2. The Morgan fingerprint density at radius 1 is 1.06 bits per heavy atom. The van der Waals surface area contributed by atoms with Crippen molar-refractivity contribution in [3.8, 4) is 0 Å². The predicted molar refractivity (Wildman–Crippen MR) is 120 cm³/mol. The summed E-state index contributed by atoms with van der Waals surface area (Å²) in [7, 11) is 0. The van der Waals surface area contributed by atoms with E-state index in [1.165, 1.54) is 0 Å². The van der Waals surface area contributed by atoms with Gasteiger partial charge in [0.15, 0.2) is 0 Å². The molecule has 3 aromatic rings. The normalized spacial score (nSPS) is 15.1. The minimum atomic E-state index is -0.976. The first-order valence-electron chi connectivity index (χ1n) is 9.33. The Kier molecular flexibility index (Phi) is 5.67. The van der Waals surface area contributed by atoms with Crippen molar-refractivity contribution in [2.24, 2.45) is 0 Å². The van der Waals surface area contributed by atoms with Gasteiger partial charge in [-0.1, -0.05) is 40.9 Å². The van der Waals surface area contributed by atoms with Crippen LogP contribution in [-0.2, 0) is 9.59 Å². The number of aryl methyl sites for hydroxylation is 1. The second-order valence-corrected chi connectivity index (χ2v) is 7.99. The number of H-pyrrole nitrogens is 1. The molecule has 1 aliphatic rings. The van der Waals surface area contributed by atoms with Gasteiger partial charge in [0.05, 0.1) is 11.5 Å². The average Bonchev–Trinajstić information content (AvgIpc) is 2.68. The molecule has 1 atom stereocenters. The van der Waals surface area contributed by atoms with Crippen molar-refractivity contribution in [2.75, 3.05) is 16.0 Å². The van der Waals surface area contributed by atoms with Crippen LogP contribution >= 0.6 is 23.2 Å². The van der Waals surface area contributed by atoms with Crippen molar-refractivity contribution in [3.63, 3.8) is 0 Å². The molecule has 0 radical (unpaired) electrons. The molecule has 0 saturated carbocycles. The van der Waals surface area contributed by atoms with E-state index in [1.54, 1.807) is 30.3 Å². The zero-order valence-corrected chi connectivity index (χ0v) is 17.8. The zero-order chi connectivity index (χ0) is 22.1. The third-order valence-corrected chi connectivity index (χ3v) is 5.15. The lowest BCUT2D eigenvalue weighted by Crippen LogP contribution is -2.36. The van der Waals surface area contributed by atoms with Gasteiger partial charge in [-0.2, -0.15) is 4.98 Å². The van der Waals surface area contributed by atoms with Crippen molar-refractivity contribution < 1.29 is 9.59 Å². The molecule has 0 aliphatic carbocycles. The molecule has 1 aromatic heterocycles. The summed E-state index contributed by atoms with van der Waals surface area (Å²) >= 11 is 12.0. The number of rotatable bonds is 4. The van der Waals surface area contributed by atoms with Gasteiger partial charge in [-0.15, -0.1) is 0 Å². The maximum Gasteiger partial charge on any atom is 0.258 e. The summed E-state index contributed by atoms with van der Waals surface area (Å²) in [6, 6.07) is 12.0. The summed E-state index contributed by atoms with van der Waals surface area (Å²) in [5.74, 6) is -1.75. The van der Waals surface area contributed by atoms with Crippen molar-refractivity contribution in [1.82, 2.24) is 9.97 Å². The van der Waals surface area contributed by atoms with Gasteiger partial charge in [0.25, 0.3) is 5.56 Å². The van der Waals surface area contributed by atoms with Crippen molar-refractivity contribution in [1.29, 1.82) is 0 Å². The van der Waals surface area contributed by atoms with E-state index in [0.29, 0.717) is 21.4 Å². The molecule has 31 heavy (non-hydrogen) atoms. The van der Waals surface area contributed by atoms with Gasteiger partial charge >= 0.3 is 0 Å². The molecule has 2 amide bonds. The molecule has 0 unspecified atom stereocenters. The van der Waals surface area contributed by atoms with Gasteiger partial charge in [-0.05, 0) is 37.3 Å². The predicted octanol–water partition coefficient (Wildman–Crippen LogP) is 4.19. The second kappa shape index (κ2) is 8.41. The van der Waals surface area contributed by atoms with Gasteiger partial charge in [-0.25, -0.2) is 0 Å². The molecule has 158 valence electrons. The fourth-order valence-electron chi connectivity index (χ4n) is 3.28. The fourth-order valence-corrected chi connectivity index (χ4v) is 3.81. The molecule has 4 rings (SSSR count). The Labute approximate surface area is 187 Å². The Morgan fingerprint density at radius 3 is 2.42 bits per heavy atom. The Hall–Kier alpha value is -3.36. The van der Waals surface area contributed by atoms with Crippen LogP contribution in [0, 0.1) is 6.92 Å². The second-order valence-electron chi connectivity index (χ2n) is 7.12. The highest BCUT2D eigenvalue weighted by atomic mass is 35.5. The summed E-state index contributed by atoms with van der Waals surface area (Å²) in [6.45, 7) is 1.93. The number of amides is 2. The first-order valence-corrected chi connectivity index (χ1v) is 10.1. The monoisotopic (exact) mass is 457 g/mol. The van der Waals surface area contributed by atoms with Gasteiger partial charge in [0.2, 0.25) is 17.8 Å². The molecule has 0 bridgehead atoms. The number of halogens is 2. The summed E-state index contributed by atoms with van der Waals surface area (Å²) < 4.78 is 0. The molecule has 0 fully saturated rings. The van der Waals surface area contributed by atoms with Crippen molar-refractivity contribution >= 4 is 58.2 Å². The number of fused-ring (bicyclic) bond motifs is 1. The topological polar surface area (TPSA) is 116 Å². The number of carbonyl (C=O) groups excluding carboxylic acids is 2. The van der Waals surface area contributed by atoms with E-state index in [4.69, 9.17) is 23.2 Å². The fraction of sp³-hybridized carbons (Fsp3) is 0.143. The number of anilines is 4. The lowest BCUT2D eigenvalue weighted by Gasteiger charge is -2.23. The number of hydrogen-bond donors (Lipinski definition) is 4. The van der Waals surface area contributed by atoms with Crippen LogP contribution < -0.4 is 21.5 Å². The molecular formula is C21H17Cl2N5O3. The molecule has 1 aliphatic heterocycles. The van der Waals surface area contributed by atoms with Crippen LogP contribution in [0.2, 0.25) is 10.0 Å². The van der Waals surface area contributed by atoms with Crippen LogP contribution in [0.25, 0.3) is 0 Å². The maximum atomic E-state index is 12.8. The molecule has 2 aromatic carbocycles. The third kappa shape index (κ3) is 4.70. The molecular weight excluding hydrogens is 441 g/mol. The van der Waals surface area contributed by atoms with Crippen molar-refractivity contribution in [2.45, 2.75) is 19.3 Å². The summed E-state index contributed by atoms with van der Waals surface area (Å²) in [6.07, 6.45) is -0.161. The number of nitrogens with zero attached hydrogens (tertiary/aromatic N) is 1. The first-order chi connectivity index (χ1) is 14.8. The summed E-state index contributed by atoms with van der Waals surface area (Å²) in [4.78, 5) is 44.7. The van der Waals surface area contributed by atoms with Gasteiger partial charge < -0.3 is 16.0 Å². The quantitative estimate of drug-likeness (QED) is 0.468. The van der Waals surface area contributed by atoms with E-state index in [1.807, 2.05) is 19.1 Å². The Bertz CT molecular complexity index is 1220. The average molecular weight is 458 g/mol. The molecule has 10 heteroatoms. The first kappa shape index (κ1) is 20.9. The standard InChI is InChI=1S/C21H17Cl2N5O3/c1-10-2-4-13(5-3-10)24-19(30)15-9-16(29)26-18-17(15)20(31)28-21(27-18)25-14-7-11(22)6-12(23)8-14/h2-8,15H,9H2,1H3,(H,24,30)(H3,25,26,27,28,29,31)/t15-/m1/s1. The van der Waals surface area contributed by atoms with Crippen LogP contribution in [0.5, 0.6) is 0 Å². The largest absolute Gasteiger partial charge is 0.326 e. The van der Waals surface area contributed by atoms with E-state index >= 15 is 0 Å². The number of nitrogens with one attached hydrogen (secondary N) is 4. The molecule has 2 heterocycles. The molecule has 0 saturated heterocycles. The van der Waals surface area contributed by atoms with Crippen molar-refractivity contribution in [3.05, 3.63) is 74.0 Å². The summed E-state index contributed by atoms with van der Waals surface area (Å²) in [5, 5.41) is 9.01. The number of benzene rings is 2. The molecule has 8 nitrogen and oxygen atoms in total. The zero-order valence-electron chi connectivity index (χ0n) is 16.3. The highest BCUT2D eigenvalue weighted by molar-refractivity contribution is 6.35. The SMILES string of the molecule is Cc1ccc(NC(=O)[C@@H]2CC(=O)Nc3nc(Nc4cc(Cl)cc(Cl)c4)[nH]c(=O)c32)cc1. The van der Waals surface area contributed by atoms with Crippen LogP contribution in [0.1, 0.15) is 23.5 Å². The molecule has 0 spiro atoms. The van der Waals surface area contributed by atoms with E-state index < -0.39 is 23.3 Å². The van der Waals surface area contributed by atoms with E-state index in [0.717, 1.165) is 5.56 Å². The van der Waals surface area contributed by atoms with E-state index in [2.05, 4.69) is 25.9 Å². The Balaban J connectivity index is 1.64. The lowest BCUT2D eigenvalue weighted by molar-refractivity contribution is -0.123. The lowest BCUT2D eigenvalue weighted by atomic mass is 9.92.